The summed E-state index contributed by atoms with van der Waals surface area (Å²) >= 11 is 0. The number of amides is 1. The number of Topliss-reactive ketones (excluding diaryl/α,β-unsaturated/α-hetero) is 1. The number of fused-ring (bicyclic) bond motifs is 1. The highest BCUT2D eigenvalue weighted by molar-refractivity contribution is 6.46. The van der Waals surface area contributed by atoms with Gasteiger partial charge in [0.2, 0.25) is 0 Å². The number of nitrogens with zero attached hydrogens (tertiary/aromatic N) is 3. The Hall–Kier alpha value is -4.73. The number of likely N-dealkylation sites (tertiary alicyclic amines) is 1. The van der Waals surface area contributed by atoms with Crippen LogP contribution in [0.1, 0.15) is 30.5 Å². The second-order valence-corrected chi connectivity index (χ2v) is 9.24. The average molecular weight is 546 g/mol. The van der Waals surface area contributed by atoms with Crippen molar-refractivity contribution >= 4 is 17.4 Å². The molecule has 1 aromatic heterocycles. The van der Waals surface area contributed by atoms with Crippen molar-refractivity contribution in [3.63, 3.8) is 0 Å². The Labute approximate surface area is 232 Å². The van der Waals surface area contributed by atoms with Gasteiger partial charge in [0.25, 0.3) is 11.7 Å². The van der Waals surface area contributed by atoms with Crippen molar-refractivity contribution in [2.45, 2.75) is 25.9 Å². The topological polar surface area (TPSA) is 112 Å². The molecule has 5 rings (SSSR count). The first kappa shape index (κ1) is 26.9. The third-order valence-corrected chi connectivity index (χ3v) is 6.67. The fourth-order valence-corrected chi connectivity index (χ4v) is 4.88. The summed E-state index contributed by atoms with van der Waals surface area (Å²) in [5.74, 6) is 0.256. The van der Waals surface area contributed by atoms with Crippen LogP contribution in [0, 0.1) is 0 Å². The molecule has 40 heavy (non-hydrogen) atoms. The summed E-state index contributed by atoms with van der Waals surface area (Å²) in [6.07, 6.45) is 7.42. The number of carbonyl (C=O) groups is 2. The average Bonchev–Trinajstić information content (AvgIpc) is 3.58. The summed E-state index contributed by atoms with van der Waals surface area (Å²) in [5.41, 5.74) is 0.948. The van der Waals surface area contributed by atoms with E-state index in [1.165, 1.54) is 4.90 Å². The molecule has 1 fully saturated rings. The van der Waals surface area contributed by atoms with Crippen LogP contribution in [0.2, 0.25) is 0 Å². The Balaban J connectivity index is 1.56. The van der Waals surface area contributed by atoms with Gasteiger partial charge in [0.05, 0.1) is 24.5 Å². The van der Waals surface area contributed by atoms with Gasteiger partial charge in [-0.05, 0) is 49.2 Å². The van der Waals surface area contributed by atoms with Gasteiger partial charge in [0.15, 0.2) is 23.0 Å². The van der Waals surface area contributed by atoms with Gasteiger partial charge < -0.3 is 33.5 Å². The maximum atomic E-state index is 13.5. The predicted molar refractivity (Wildman–Crippen MR) is 147 cm³/mol. The number of hydrogen-bond acceptors (Lipinski definition) is 8. The summed E-state index contributed by atoms with van der Waals surface area (Å²) in [4.78, 5) is 32.4. The van der Waals surface area contributed by atoms with Crippen molar-refractivity contribution in [2.75, 3.05) is 33.0 Å². The summed E-state index contributed by atoms with van der Waals surface area (Å²) < 4.78 is 24.7. The minimum atomic E-state index is -0.844. The number of carbonyl (C=O) groups excluding carboxylic acids is 2. The molecule has 0 bridgehead atoms. The van der Waals surface area contributed by atoms with Gasteiger partial charge in [-0.25, -0.2) is 4.98 Å². The molecule has 10 nitrogen and oxygen atoms in total. The fourth-order valence-electron chi connectivity index (χ4n) is 4.88. The zero-order chi connectivity index (χ0) is 28.1. The summed E-state index contributed by atoms with van der Waals surface area (Å²) in [5, 5.41) is 11.5. The zero-order valence-corrected chi connectivity index (χ0v) is 22.2. The minimum absolute atomic E-state index is 0.00785. The maximum absolute atomic E-state index is 13.5. The Morgan fingerprint density at radius 2 is 1.93 bits per heavy atom. The molecule has 10 heteroatoms. The number of imidazole rings is 1. The first-order chi connectivity index (χ1) is 19.5. The molecule has 208 valence electrons. The molecule has 0 radical (unpaired) electrons. The van der Waals surface area contributed by atoms with E-state index in [9.17, 15) is 14.7 Å². The molecule has 1 N–H and O–H groups in total. The van der Waals surface area contributed by atoms with Crippen LogP contribution in [0.15, 0.2) is 73.3 Å². The molecule has 0 unspecified atom stereocenters. The smallest absolute Gasteiger partial charge is 0.295 e. The van der Waals surface area contributed by atoms with E-state index in [0.29, 0.717) is 66.9 Å². The Bertz CT molecular complexity index is 1430. The van der Waals surface area contributed by atoms with E-state index in [1.807, 2.05) is 17.7 Å². The van der Waals surface area contributed by atoms with Crippen LogP contribution < -0.4 is 18.9 Å². The lowest BCUT2D eigenvalue weighted by Gasteiger charge is -2.26. The van der Waals surface area contributed by atoms with E-state index in [1.54, 1.807) is 55.0 Å². The van der Waals surface area contributed by atoms with Gasteiger partial charge in [-0.15, -0.1) is 0 Å². The first-order valence-electron chi connectivity index (χ1n) is 13.2. The molecule has 1 saturated heterocycles. The lowest BCUT2D eigenvalue weighted by molar-refractivity contribution is -0.139. The number of rotatable bonds is 11. The molecule has 0 spiro atoms. The number of aromatic nitrogens is 2. The van der Waals surface area contributed by atoms with E-state index >= 15 is 0 Å². The molecule has 2 aromatic carbocycles. The largest absolute Gasteiger partial charge is 0.507 e. The van der Waals surface area contributed by atoms with Crippen LogP contribution in [0.25, 0.3) is 5.76 Å². The zero-order valence-electron chi connectivity index (χ0n) is 22.2. The van der Waals surface area contributed by atoms with Crippen LogP contribution >= 0.6 is 0 Å². The normalized spacial score (nSPS) is 17.6. The lowest BCUT2D eigenvalue weighted by Crippen LogP contribution is -2.31. The predicted octanol–water partition coefficient (Wildman–Crippen LogP) is 4.13. The lowest BCUT2D eigenvalue weighted by atomic mass is 9.94. The maximum Gasteiger partial charge on any atom is 0.295 e. The quantitative estimate of drug-likeness (QED) is 0.166. The van der Waals surface area contributed by atoms with Gasteiger partial charge in [-0.3, -0.25) is 9.59 Å². The highest BCUT2D eigenvalue weighted by Crippen LogP contribution is 2.43. The first-order valence-corrected chi connectivity index (χ1v) is 13.2. The van der Waals surface area contributed by atoms with E-state index in [0.717, 1.165) is 0 Å². The van der Waals surface area contributed by atoms with Crippen LogP contribution in [0.3, 0.4) is 0 Å². The van der Waals surface area contributed by atoms with Crippen molar-refractivity contribution in [2.24, 2.45) is 0 Å². The van der Waals surface area contributed by atoms with Crippen LogP contribution in [-0.4, -0.2) is 64.2 Å². The summed E-state index contributed by atoms with van der Waals surface area (Å²) in [6.45, 7) is 7.91. The molecule has 1 atom stereocenters. The number of aliphatic hydroxyl groups excluding tert-OH is 1. The third-order valence-electron chi connectivity index (χ3n) is 6.67. The number of aliphatic hydroxyl groups is 1. The molecule has 0 aliphatic carbocycles. The molecule has 3 heterocycles. The highest BCUT2D eigenvalue weighted by Gasteiger charge is 2.46. The number of hydrogen-bond donors (Lipinski definition) is 1. The Morgan fingerprint density at radius 1 is 1.10 bits per heavy atom. The number of aryl methyl sites for hydroxylation is 1. The molecule has 2 aliphatic heterocycles. The van der Waals surface area contributed by atoms with Crippen LogP contribution in [0.5, 0.6) is 23.0 Å². The number of ketones is 1. The van der Waals surface area contributed by atoms with E-state index in [-0.39, 0.29) is 24.5 Å². The van der Waals surface area contributed by atoms with Gasteiger partial charge >= 0.3 is 0 Å². The molecular formula is C30H31N3O7. The molecule has 0 saturated carbocycles. The van der Waals surface area contributed by atoms with Crippen molar-refractivity contribution in [3.05, 3.63) is 84.5 Å². The minimum Gasteiger partial charge on any atom is -0.507 e. The van der Waals surface area contributed by atoms with Gasteiger partial charge in [0, 0.05) is 31.0 Å². The molecule has 3 aromatic rings. The molecule has 1 amide bonds. The van der Waals surface area contributed by atoms with Gasteiger partial charge in [0.1, 0.15) is 25.6 Å². The SMILES string of the molecule is C=CCOc1ccc([C@H]2C(=C(O)c3ccc4c(c3)OCCO4)C(=O)C(=O)N2CCCn2ccnc2)cc1OCC. The summed E-state index contributed by atoms with van der Waals surface area (Å²) in [7, 11) is 0. The van der Waals surface area contributed by atoms with Gasteiger partial charge in [-0.2, -0.15) is 0 Å². The van der Waals surface area contributed by atoms with Crippen LogP contribution in [-0.2, 0) is 16.1 Å². The van der Waals surface area contributed by atoms with Crippen molar-refractivity contribution in [1.29, 1.82) is 0 Å². The monoisotopic (exact) mass is 545 g/mol. The second kappa shape index (κ2) is 12.0. The number of benzene rings is 2. The molecular weight excluding hydrogens is 514 g/mol. The second-order valence-electron chi connectivity index (χ2n) is 9.24. The van der Waals surface area contributed by atoms with E-state index in [2.05, 4.69) is 11.6 Å². The van der Waals surface area contributed by atoms with E-state index < -0.39 is 17.7 Å². The third kappa shape index (κ3) is 5.38. The fraction of sp³-hybridized carbons (Fsp3) is 0.300. The van der Waals surface area contributed by atoms with Gasteiger partial charge in [-0.1, -0.05) is 18.7 Å². The van der Waals surface area contributed by atoms with Crippen molar-refractivity contribution < 1.29 is 33.6 Å². The Morgan fingerprint density at radius 3 is 2.67 bits per heavy atom. The van der Waals surface area contributed by atoms with Crippen LogP contribution in [0.4, 0.5) is 0 Å². The number of ether oxygens (including phenoxy) is 4. The van der Waals surface area contributed by atoms with E-state index in [4.69, 9.17) is 18.9 Å². The Kier molecular flexibility index (Phi) is 8.04. The summed E-state index contributed by atoms with van der Waals surface area (Å²) in [6, 6.07) is 9.35. The standard InChI is InChI=1S/C30H31N3O7/c1-3-14-38-22-8-6-20(17-24(22)37-4-2)27-26(28(34)21-7-9-23-25(18-21)40-16-15-39-23)29(35)30(36)33(27)12-5-11-32-13-10-31-19-32/h3,6-10,13,17-19,27,34H,1,4-5,11-12,14-16H2,2H3/t27-/m0/s1. The molecule has 2 aliphatic rings. The van der Waals surface area contributed by atoms with Crippen molar-refractivity contribution in [3.8, 4) is 23.0 Å². The van der Waals surface area contributed by atoms with Crippen molar-refractivity contribution in [1.82, 2.24) is 14.5 Å². The highest BCUT2D eigenvalue weighted by atomic mass is 16.6.